The van der Waals surface area contributed by atoms with E-state index >= 15 is 0 Å². The summed E-state index contributed by atoms with van der Waals surface area (Å²) in [6.07, 6.45) is 3.54. The van der Waals surface area contributed by atoms with Crippen LogP contribution in [0.3, 0.4) is 0 Å². The van der Waals surface area contributed by atoms with Crippen LogP contribution in [0.2, 0.25) is 0 Å². The van der Waals surface area contributed by atoms with Crippen molar-refractivity contribution in [3.63, 3.8) is 0 Å². The molecule has 2 aromatic rings. The Morgan fingerprint density at radius 2 is 2.16 bits per heavy atom. The first-order valence-electron chi connectivity index (χ1n) is 6.39. The van der Waals surface area contributed by atoms with Crippen LogP contribution >= 0.6 is 0 Å². The lowest BCUT2D eigenvalue weighted by molar-refractivity contribution is 0.631. The number of aromatic nitrogens is 2. The van der Waals surface area contributed by atoms with Gasteiger partial charge in [0, 0.05) is 18.5 Å². The summed E-state index contributed by atoms with van der Waals surface area (Å²) >= 11 is 0. The van der Waals surface area contributed by atoms with Gasteiger partial charge in [-0.3, -0.25) is 0 Å². The van der Waals surface area contributed by atoms with E-state index in [1.807, 2.05) is 4.57 Å². The van der Waals surface area contributed by atoms with Gasteiger partial charge in [0.25, 0.3) is 0 Å². The van der Waals surface area contributed by atoms with Crippen LogP contribution in [0, 0.1) is 5.82 Å². The van der Waals surface area contributed by atoms with Crippen molar-refractivity contribution in [1.82, 2.24) is 9.55 Å². The van der Waals surface area contributed by atoms with Crippen molar-refractivity contribution in [3.8, 4) is 11.3 Å². The Kier molecular flexibility index (Phi) is 4.00. The van der Waals surface area contributed by atoms with Crippen molar-refractivity contribution in [1.29, 1.82) is 0 Å². The zero-order chi connectivity index (χ0) is 13.8. The fourth-order valence-corrected chi connectivity index (χ4v) is 2.11. The molecule has 0 radical (unpaired) electrons. The molecule has 1 heterocycles. The standard InChI is InChI=1S/C15H18FN3/c1-3-7-13-18-14(15(17)19(13)10-4-2)11-8-5-6-9-12(11)16/h4-6,8-9H,2-3,7,10,17H2,1H3. The second-order valence-corrected chi connectivity index (χ2v) is 4.39. The number of halogens is 1. The Hall–Kier alpha value is -2.10. The lowest BCUT2D eigenvalue weighted by Gasteiger charge is -2.06. The van der Waals surface area contributed by atoms with Crippen LogP contribution in [0.5, 0.6) is 0 Å². The first kappa shape index (κ1) is 13.3. The molecule has 0 unspecified atom stereocenters. The average molecular weight is 259 g/mol. The van der Waals surface area contributed by atoms with E-state index in [2.05, 4.69) is 18.5 Å². The molecule has 100 valence electrons. The van der Waals surface area contributed by atoms with Crippen LogP contribution in [0.1, 0.15) is 19.2 Å². The lowest BCUT2D eigenvalue weighted by Crippen LogP contribution is -2.05. The Labute approximate surface area is 112 Å². The van der Waals surface area contributed by atoms with Crippen LogP contribution in [0.15, 0.2) is 36.9 Å². The van der Waals surface area contributed by atoms with Crippen LogP contribution in [0.4, 0.5) is 10.2 Å². The molecule has 0 spiro atoms. The van der Waals surface area contributed by atoms with Crippen LogP contribution in [-0.2, 0) is 13.0 Å². The van der Waals surface area contributed by atoms with E-state index < -0.39 is 0 Å². The van der Waals surface area contributed by atoms with Gasteiger partial charge in [-0.15, -0.1) is 6.58 Å². The Morgan fingerprint density at radius 3 is 2.79 bits per heavy atom. The topological polar surface area (TPSA) is 43.8 Å². The summed E-state index contributed by atoms with van der Waals surface area (Å²) in [6, 6.07) is 6.55. The molecule has 0 saturated heterocycles. The molecule has 2 rings (SSSR count). The van der Waals surface area contributed by atoms with Crippen LogP contribution < -0.4 is 5.73 Å². The normalized spacial score (nSPS) is 10.6. The molecule has 0 atom stereocenters. The second-order valence-electron chi connectivity index (χ2n) is 4.39. The van der Waals surface area contributed by atoms with Crippen molar-refractivity contribution in [2.45, 2.75) is 26.3 Å². The Bertz CT molecular complexity index is 587. The van der Waals surface area contributed by atoms with Crippen molar-refractivity contribution < 1.29 is 4.39 Å². The monoisotopic (exact) mass is 259 g/mol. The molecule has 4 heteroatoms. The molecular formula is C15H18FN3. The largest absolute Gasteiger partial charge is 0.383 e. The van der Waals surface area contributed by atoms with Gasteiger partial charge in [0.1, 0.15) is 23.2 Å². The predicted molar refractivity (Wildman–Crippen MR) is 76.2 cm³/mol. The molecule has 0 fully saturated rings. The summed E-state index contributed by atoms with van der Waals surface area (Å²) in [7, 11) is 0. The van der Waals surface area contributed by atoms with Gasteiger partial charge in [-0.1, -0.05) is 25.1 Å². The molecule has 0 aliphatic rings. The van der Waals surface area contributed by atoms with Gasteiger partial charge in [0.2, 0.25) is 0 Å². The molecule has 0 aliphatic heterocycles. The molecule has 0 amide bonds. The van der Waals surface area contributed by atoms with E-state index in [0.29, 0.717) is 23.6 Å². The minimum Gasteiger partial charge on any atom is -0.383 e. The first-order valence-corrected chi connectivity index (χ1v) is 6.39. The van der Waals surface area contributed by atoms with E-state index in [4.69, 9.17) is 5.73 Å². The highest BCUT2D eigenvalue weighted by Gasteiger charge is 2.17. The molecule has 1 aromatic carbocycles. The summed E-state index contributed by atoms with van der Waals surface area (Å²) < 4.78 is 15.7. The lowest BCUT2D eigenvalue weighted by atomic mass is 10.1. The molecule has 0 saturated carbocycles. The third-order valence-corrected chi connectivity index (χ3v) is 3.00. The minimum atomic E-state index is -0.305. The van der Waals surface area contributed by atoms with Crippen molar-refractivity contribution in [3.05, 3.63) is 48.6 Å². The van der Waals surface area contributed by atoms with Gasteiger partial charge >= 0.3 is 0 Å². The van der Waals surface area contributed by atoms with Gasteiger partial charge in [-0.2, -0.15) is 0 Å². The highest BCUT2D eigenvalue weighted by atomic mass is 19.1. The maximum atomic E-state index is 13.8. The second kappa shape index (κ2) is 5.69. The van der Waals surface area contributed by atoms with Crippen molar-refractivity contribution >= 4 is 5.82 Å². The van der Waals surface area contributed by atoms with Gasteiger partial charge in [-0.25, -0.2) is 9.37 Å². The summed E-state index contributed by atoms with van der Waals surface area (Å²) in [5, 5.41) is 0. The summed E-state index contributed by atoms with van der Waals surface area (Å²) in [5.41, 5.74) is 7.07. The number of nitrogen functional groups attached to an aromatic ring is 1. The number of anilines is 1. The first-order chi connectivity index (χ1) is 9.19. The quantitative estimate of drug-likeness (QED) is 0.836. The fourth-order valence-electron chi connectivity index (χ4n) is 2.11. The van der Waals surface area contributed by atoms with Gasteiger partial charge in [-0.05, 0) is 18.6 Å². The number of hydrogen-bond acceptors (Lipinski definition) is 2. The van der Waals surface area contributed by atoms with Crippen molar-refractivity contribution in [2.75, 3.05) is 5.73 Å². The minimum absolute atomic E-state index is 0.305. The number of nitrogens with two attached hydrogens (primary N) is 1. The van der Waals surface area contributed by atoms with E-state index in [1.165, 1.54) is 6.07 Å². The zero-order valence-electron chi connectivity index (χ0n) is 11.1. The molecule has 1 aromatic heterocycles. The number of benzene rings is 1. The van der Waals surface area contributed by atoms with E-state index in [9.17, 15) is 4.39 Å². The number of imidazole rings is 1. The number of hydrogen-bond donors (Lipinski definition) is 1. The van der Waals surface area contributed by atoms with E-state index in [0.717, 1.165) is 18.7 Å². The highest BCUT2D eigenvalue weighted by Crippen LogP contribution is 2.28. The van der Waals surface area contributed by atoms with E-state index in [1.54, 1.807) is 24.3 Å². The number of aryl methyl sites for hydroxylation is 1. The molecular weight excluding hydrogens is 241 g/mol. The summed E-state index contributed by atoms with van der Waals surface area (Å²) in [5.74, 6) is 1.06. The molecule has 0 aliphatic carbocycles. The maximum absolute atomic E-state index is 13.8. The van der Waals surface area contributed by atoms with Crippen LogP contribution in [-0.4, -0.2) is 9.55 Å². The molecule has 0 bridgehead atoms. The van der Waals surface area contributed by atoms with Crippen molar-refractivity contribution in [2.24, 2.45) is 0 Å². The third-order valence-electron chi connectivity index (χ3n) is 3.00. The number of rotatable bonds is 5. The van der Waals surface area contributed by atoms with Crippen LogP contribution in [0.25, 0.3) is 11.3 Å². The smallest absolute Gasteiger partial charge is 0.132 e. The molecule has 19 heavy (non-hydrogen) atoms. The number of allylic oxidation sites excluding steroid dienone is 1. The predicted octanol–water partition coefficient (Wildman–Crippen LogP) is 3.41. The van der Waals surface area contributed by atoms with Gasteiger partial charge in [0.05, 0.1) is 0 Å². The average Bonchev–Trinajstić information content (AvgIpc) is 2.69. The molecule has 3 nitrogen and oxygen atoms in total. The SMILES string of the molecule is C=CCn1c(CCC)nc(-c2ccccc2F)c1N. The van der Waals surface area contributed by atoms with Gasteiger partial charge in [0.15, 0.2) is 0 Å². The highest BCUT2D eigenvalue weighted by molar-refractivity contribution is 5.71. The van der Waals surface area contributed by atoms with E-state index in [-0.39, 0.29) is 5.82 Å². The van der Waals surface area contributed by atoms with Gasteiger partial charge < -0.3 is 10.3 Å². The summed E-state index contributed by atoms with van der Waals surface area (Å²) in [4.78, 5) is 4.50. The Balaban J connectivity index is 2.55. The number of nitrogens with zero attached hydrogens (tertiary/aromatic N) is 2. The Morgan fingerprint density at radius 1 is 1.42 bits per heavy atom. The summed E-state index contributed by atoms with van der Waals surface area (Å²) in [6.45, 7) is 6.38. The fraction of sp³-hybridized carbons (Fsp3) is 0.267. The molecule has 2 N–H and O–H groups in total. The zero-order valence-corrected chi connectivity index (χ0v) is 11.1. The maximum Gasteiger partial charge on any atom is 0.132 e. The third kappa shape index (κ3) is 2.52.